The van der Waals surface area contributed by atoms with Gasteiger partial charge in [0.2, 0.25) is 5.75 Å². The Hall–Kier alpha value is -2.44. The molecule has 1 aromatic carbocycles. The maximum Gasteiger partial charge on any atom is 0.311 e. The van der Waals surface area contributed by atoms with E-state index >= 15 is 0 Å². The third kappa shape index (κ3) is 8.83. The van der Waals surface area contributed by atoms with Crippen molar-refractivity contribution in [1.29, 1.82) is 0 Å². The lowest BCUT2D eigenvalue weighted by atomic mass is 10.2. The summed E-state index contributed by atoms with van der Waals surface area (Å²) in [5.41, 5.74) is -0.265. The Kier molecular flexibility index (Phi) is 9.89. The number of nitrogens with zero attached hydrogens (tertiary/aromatic N) is 1. The van der Waals surface area contributed by atoms with Gasteiger partial charge in [-0.1, -0.05) is 44.7 Å². The van der Waals surface area contributed by atoms with Crippen LogP contribution in [-0.4, -0.2) is 23.5 Å². The van der Waals surface area contributed by atoms with E-state index in [0.29, 0.717) is 6.61 Å². The Labute approximate surface area is 147 Å². The highest BCUT2D eigenvalue weighted by atomic mass is 16.6. The number of para-hydroxylation sites is 2. The minimum absolute atomic E-state index is 0.00233. The zero-order chi connectivity index (χ0) is 18.5. The highest BCUT2D eigenvalue weighted by molar-refractivity contribution is 5.75. The van der Waals surface area contributed by atoms with Crippen molar-refractivity contribution in [3.8, 4) is 5.75 Å². The molecule has 25 heavy (non-hydrogen) atoms. The molecule has 0 radical (unpaired) electrons. The number of nitro benzene ring substituents is 1. The molecule has 1 aromatic rings. The predicted molar refractivity (Wildman–Crippen MR) is 92.3 cm³/mol. The Morgan fingerprint density at radius 3 is 2.40 bits per heavy atom. The van der Waals surface area contributed by atoms with Crippen molar-refractivity contribution in [2.45, 2.75) is 58.3 Å². The van der Waals surface area contributed by atoms with E-state index in [9.17, 15) is 19.7 Å². The van der Waals surface area contributed by atoms with E-state index in [1.165, 1.54) is 31.0 Å². The van der Waals surface area contributed by atoms with Crippen LogP contribution in [0.25, 0.3) is 0 Å². The lowest BCUT2D eigenvalue weighted by molar-refractivity contribution is -0.385. The van der Waals surface area contributed by atoms with Gasteiger partial charge in [-0.25, -0.2) is 0 Å². The van der Waals surface area contributed by atoms with Crippen LogP contribution < -0.4 is 4.74 Å². The number of benzene rings is 1. The van der Waals surface area contributed by atoms with E-state index in [4.69, 9.17) is 9.47 Å². The van der Waals surface area contributed by atoms with Crippen LogP contribution in [-0.2, 0) is 14.3 Å². The molecule has 0 heterocycles. The van der Waals surface area contributed by atoms with E-state index in [-0.39, 0.29) is 36.7 Å². The molecule has 0 aliphatic rings. The smallest absolute Gasteiger partial charge is 0.311 e. The van der Waals surface area contributed by atoms with Crippen molar-refractivity contribution in [3.63, 3.8) is 0 Å². The number of esters is 2. The fourth-order valence-electron chi connectivity index (χ4n) is 2.21. The number of carbonyl (C=O) groups is 2. The second kappa shape index (κ2) is 12.0. The molecular weight excluding hydrogens is 326 g/mol. The SMILES string of the molecule is CCCCCCCOC(=O)CCCC(=O)Oc1ccccc1[N+](=O)[O-]. The molecule has 7 nitrogen and oxygen atoms in total. The molecule has 0 saturated heterocycles. The predicted octanol–water partition coefficient (Wildman–Crippen LogP) is 4.18. The quantitative estimate of drug-likeness (QED) is 0.184. The van der Waals surface area contributed by atoms with Crippen LogP contribution in [0.3, 0.4) is 0 Å². The summed E-state index contributed by atoms with van der Waals surface area (Å²) in [6, 6.07) is 5.67. The van der Waals surface area contributed by atoms with Gasteiger partial charge in [0.05, 0.1) is 11.5 Å². The van der Waals surface area contributed by atoms with E-state index in [2.05, 4.69) is 6.92 Å². The van der Waals surface area contributed by atoms with Gasteiger partial charge >= 0.3 is 17.6 Å². The normalized spacial score (nSPS) is 10.3. The maximum absolute atomic E-state index is 11.7. The summed E-state index contributed by atoms with van der Waals surface area (Å²) in [5, 5.41) is 10.8. The fourth-order valence-corrected chi connectivity index (χ4v) is 2.21. The summed E-state index contributed by atoms with van der Waals surface area (Å²) in [4.78, 5) is 33.5. The van der Waals surface area contributed by atoms with Gasteiger partial charge in [-0.15, -0.1) is 0 Å². The van der Waals surface area contributed by atoms with Gasteiger partial charge in [-0.3, -0.25) is 19.7 Å². The molecule has 0 unspecified atom stereocenters. The molecule has 1 rings (SSSR count). The first-order valence-electron chi connectivity index (χ1n) is 8.64. The fraction of sp³-hybridized carbons (Fsp3) is 0.556. The van der Waals surface area contributed by atoms with Crippen molar-refractivity contribution >= 4 is 17.6 Å². The van der Waals surface area contributed by atoms with Crippen LogP contribution in [0.1, 0.15) is 58.3 Å². The summed E-state index contributed by atoms with van der Waals surface area (Å²) in [6.45, 7) is 2.55. The van der Waals surface area contributed by atoms with Crippen LogP contribution in [0.2, 0.25) is 0 Å². The maximum atomic E-state index is 11.7. The lowest BCUT2D eigenvalue weighted by Gasteiger charge is -2.06. The topological polar surface area (TPSA) is 95.7 Å². The van der Waals surface area contributed by atoms with Crippen LogP contribution in [0.15, 0.2) is 24.3 Å². The first-order chi connectivity index (χ1) is 12.0. The van der Waals surface area contributed by atoms with Gasteiger partial charge in [0.25, 0.3) is 0 Å². The second-order valence-electron chi connectivity index (χ2n) is 5.69. The molecule has 138 valence electrons. The van der Waals surface area contributed by atoms with Gasteiger partial charge in [-0.2, -0.15) is 0 Å². The summed E-state index contributed by atoms with van der Waals surface area (Å²) < 4.78 is 10.1. The Balaban J connectivity index is 2.20. The number of carbonyl (C=O) groups excluding carboxylic acids is 2. The molecule has 0 fully saturated rings. The Morgan fingerprint density at radius 2 is 1.68 bits per heavy atom. The standard InChI is InChI=1S/C18H25NO6/c1-2-3-4-5-8-14-24-17(20)12-9-13-18(21)25-16-11-7-6-10-15(16)19(22)23/h6-7,10-11H,2-5,8-9,12-14H2,1H3. The van der Waals surface area contributed by atoms with Gasteiger partial charge < -0.3 is 9.47 Å². The third-order valence-electron chi connectivity index (χ3n) is 3.56. The Bertz CT molecular complexity index is 572. The number of ether oxygens (including phenoxy) is 2. The summed E-state index contributed by atoms with van der Waals surface area (Å²) in [7, 11) is 0. The van der Waals surface area contributed by atoms with Gasteiger partial charge in [0.15, 0.2) is 0 Å². The average Bonchev–Trinajstić information content (AvgIpc) is 2.58. The lowest BCUT2D eigenvalue weighted by Crippen LogP contribution is -2.11. The molecule has 0 aliphatic carbocycles. The van der Waals surface area contributed by atoms with Gasteiger partial charge in [0.1, 0.15) is 0 Å². The van der Waals surface area contributed by atoms with E-state index in [1.807, 2.05) is 0 Å². The minimum atomic E-state index is -0.611. The molecule has 0 spiro atoms. The molecule has 0 saturated carbocycles. The van der Waals surface area contributed by atoms with Crippen molar-refractivity contribution < 1.29 is 24.0 Å². The molecule has 0 atom stereocenters. The number of nitro groups is 1. The summed E-state index contributed by atoms with van der Waals surface area (Å²) in [5.74, 6) is -1.04. The van der Waals surface area contributed by atoms with Gasteiger partial charge in [-0.05, 0) is 18.9 Å². The molecule has 7 heteroatoms. The monoisotopic (exact) mass is 351 g/mol. The largest absolute Gasteiger partial charge is 0.466 e. The first kappa shape index (κ1) is 20.6. The van der Waals surface area contributed by atoms with Crippen LogP contribution in [0.4, 0.5) is 5.69 Å². The Morgan fingerprint density at radius 1 is 1.00 bits per heavy atom. The van der Waals surface area contributed by atoms with Crippen LogP contribution in [0.5, 0.6) is 5.75 Å². The zero-order valence-corrected chi connectivity index (χ0v) is 14.6. The summed E-state index contributed by atoms with van der Waals surface area (Å²) in [6.07, 6.45) is 5.81. The highest BCUT2D eigenvalue weighted by Gasteiger charge is 2.17. The van der Waals surface area contributed by atoms with Crippen molar-refractivity contribution in [1.82, 2.24) is 0 Å². The first-order valence-corrected chi connectivity index (χ1v) is 8.64. The number of hydrogen-bond acceptors (Lipinski definition) is 6. The second-order valence-corrected chi connectivity index (χ2v) is 5.69. The van der Waals surface area contributed by atoms with E-state index < -0.39 is 10.9 Å². The van der Waals surface area contributed by atoms with E-state index in [1.54, 1.807) is 6.07 Å². The van der Waals surface area contributed by atoms with Crippen molar-refractivity contribution in [2.24, 2.45) is 0 Å². The molecule has 0 N–H and O–H groups in total. The van der Waals surface area contributed by atoms with Crippen molar-refractivity contribution in [2.75, 3.05) is 6.61 Å². The molecule has 0 aliphatic heterocycles. The van der Waals surface area contributed by atoms with Crippen molar-refractivity contribution in [3.05, 3.63) is 34.4 Å². The third-order valence-corrected chi connectivity index (χ3v) is 3.56. The minimum Gasteiger partial charge on any atom is -0.466 e. The summed E-state index contributed by atoms with van der Waals surface area (Å²) >= 11 is 0. The molecule has 0 bridgehead atoms. The van der Waals surface area contributed by atoms with E-state index in [0.717, 1.165) is 19.3 Å². The highest BCUT2D eigenvalue weighted by Crippen LogP contribution is 2.26. The average molecular weight is 351 g/mol. The number of rotatable bonds is 12. The molecule has 0 amide bonds. The number of hydrogen-bond donors (Lipinski definition) is 0. The zero-order valence-electron chi connectivity index (χ0n) is 14.6. The molecule has 0 aromatic heterocycles. The van der Waals surface area contributed by atoms with Crippen LogP contribution in [0, 0.1) is 10.1 Å². The van der Waals surface area contributed by atoms with Gasteiger partial charge in [0, 0.05) is 18.9 Å². The molecular formula is C18H25NO6. The number of unbranched alkanes of at least 4 members (excludes halogenated alkanes) is 4. The van der Waals surface area contributed by atoms with Crippen LogP contribution >= 0.6 is 0 Å².